The Kier molecular flexibility index (Phi) is 5.14. The lowest BCUT2D eigenvalue weighted by Crippen LogP contribution is -2.11. The summed E-state index contributed by atoms with van der Waals surface area (Å²) in [5.74, 6) is 0.259. The monoisotopic (exact) mass is 405 g/mol. The van der Waals surface area contributed by atoms with Crippen LogP contribution in [0.3, 0.4) is 0 Å². The summed E-state index contributed by atoms with van der Waals surface area (Å²) in [6, 6.07) is 9.60. The molecule has 0 unspecified atom stereocenters. The van der Waals surface area contributed by atoms with E-state index in [0.717, 1.165) is 22.8 Å². The van der Waals surface area contributed by atoms with Gasteiger partial charge in [-0.15, -0.1) is 0 Å². The number of ether oxygens (including phenoxy) is 2. The third-order valence-corrected chi connectivity index (χ3v) is 4.48. The molecule has 0 aliphatic carbocycles. The van der Waals surface area contributed by atoms with Gasteiger partial charge in [-0.25, -0.2) is 14.8 Å². The summed E-state index contributed by atoms with van der Waals surface area (Å²) in [6.45, 7) is 5.56. The van der Waals surface area contributed by atoms with Gasteiger partial charge in [-0.3, -0.25) is 0 Å². The van der Waals surface area contributed by atoms with Gasteiger partial charge in [-0.05, 0) is 45.0 Å². The summed E-state index contributed by atoms with van der Waals surface area (Å²) in [6.07, 6.45) is 6.99. The van der Waals surface area contributed by atoms with E-state index in [0.29, 0.717) is 11.4 Å². The van der Waals surface area contributed by atoms with Crippen LogP contribution in [0.15, 0.2) is 55.2 Å². The topological polar surface area (TPSA) is 82.7 Å². The third-order valence-electron chi connectivity index (χ3n) is 4.48. The molecule has 0 radical (unpaired) electrons. The van der Waals surface area contributed by atoms with Crippen LogP contribution < -0.4 is 10.1 Å². The molecule has 3 aromatic heterocycles. The molecule has 3 heterocycles. The molecule has 0 saturated heterocycles. The van der Waals surface area contributed by atoms with E-state index in [1.165, 1.54) is 0 Å². The minimum absolute atomic E-state index is 0.204. The van der Waals surface area contributed by atoms with Crippen LogP contribution in [0.4, 0.5) is 11.4 Å². The number of nitrogens with zero attached hydrogens (tertiary/aromatic N) is 4. The summed E-state index contributed by atoms with van der Waals surface area (Å²) in [5, 5.41) is 3.36. The molecule has 1 N–H and O–H groups in total. The minimum atomic E-state index is -0.443. The van der Waals surface area contributed by atoms with Crippen molar-refractivity contribution in [2.24, 2.45) is 0 Å². The van der Waals surface area contributed by atoms with Gasteiger partial charge in [0, 0.05) is 30.3 Å². The fraction of sp³-hybridized carbons (Fsp3) is 0.227. The van der Waals surface area contributed by atoms with Crippen LogP contribution in [0.2, 0.25) is 0 Å². The Morgan fingerprint density at radius 3 is 2.73 bits per heavy atom. The maximum Gasteiger partial charge on any atom is 0.358 e. The number of nitrogens with one attached hydrogen (secondary N) is 1. The number of hydrogen-bond donors (Lipinski definition) is 1. The van der Waals surface area contributed by atoms with Gasteiger partial charge in [0.05, 0.1) is 36.6 Å². The first-order valence-electron chi connectivity index (χ1n) is 9.59. The van der Waals surface area contributed by atoms with Gasteiger partial charge in [-0.1, -0.05) is 0 Å². The molecule has 4 aromatic rings. The zero-order valence-corrected chi connectivity index (χ0v) is 17.3. The van der Waals surface area contributed by atoms with Crippen LogP contribution in [0, 0.1) is 6.92 Å². The number of esters is 1. The Balaban J connectivity index is 1.65. The van der Waals surface area contributed by atoms with Crippen molar-refractivity contribution >= 4 is 23.0 Å². The average molecular weight is 405 g/mol. The van der Waals surface area contributed by atoms with Crippen LogP contribution in [0.25, 0.3) is 11.3 Å². The first-order valence-corrected chi connectivity index (χ1v) is 9.59. The SMILES string of the molecule is COc1cc(Nc2cccn3cc(C(=O)OC(C)C)nc23)ccc1-n1cnc(C)c1. The Hall–Kier alpha value is -3.81. The molecular formula is C22H23N5O3. The zero-order chi connectivity index (χ0) is 21.3. The predicted octanol–water partition coefficient (Wildman–Crippen LogP) is 4.15. The number of anilines is 2. The van der Waals surface area contributed by atoms with Crippen molar-refractivity contribution in [1.29, 1.82) is 0 Å². The van der Waals surface area contributed by atoms with Crippen molar-refractivity contribution in [1.82, 2.24) is 18.9 Å². The van der Waals surface area contributed by atoms with Gasteiger partial charge < -0.3 is 23.8 Å². The second-order valence-corrected chi connectivity index (χ2v) is 7.17. The predicted molar refractivity (Wildman–Crippen MR) is 114 cm³/mol. The highest BCUT2D eigenvalue weighted by molar-refractivity contribution is 5.89. The second-order valence-electron chi connectivity index (χ2n) is 7.17. The lowest BCUT2D eigenvalue weighted by Gasteiger charge is -2.13. The average Bonchev–Trinajstić information content (AvgIpc) is 3.34. The van der Waals surface area contributed by atoms with E-state index in [4.69, 9.17) is 9.47 Å². The number of imidazole rings is 2. The first kappa shape index (κ1) is 19.5. The molecule has 0 bridgehead atoms. The van der Waals surface area contributed by atoms with Crippen LogP contribution in [-0.2, 0) is 4.74 Å². The molecule has 0 saturated carbocycles. The van der Waals surface area contributed by atoms with E-state index >= 15 is 0 Å². The minimum Gasteiger partial charge on any atom is -0.494 e. The van der Waals surface area contributed by atoms with Crippen molar-refractivity contribution < 1.29 is 14.3 Å². The van der Waals surface area contributed by atoms with Gasteiger partial charge in [0.1, 0.15) is 5.75 Å². The second kappa shape index (κ2) is 7.90. The Morgan fingerprint density at radius 1 is 1.20 bits per heavy atom. The van der Waals surface area contributed by atoms with E-state index in [2.05, 4.69) is 15.3 Å². The van der Waals surface area contributed by atoms with Crippen molar-refractivity contribution in [3.63, 3.8) is 0 Å². The Bertz CT molecular complexity index is 1210. The largest absolute Gasteiger partial charge is 0.494 e. The summed E-state index contributed by atoms with van der Waals surface area (Å²) >= 11 is 0. The van der Waals surface area contributed by atoms with Crippen LogP contribution in [-0.4, -0.2) is 38.1 Å². The molecule has 8 heteroatoms. The van der Waals surface area contributed by atoms with Gasteiger partial charge in [0.25, 0.3) is 0 Å². The standard InChI is InChI=1S/C22H23N5O3/c1-14(2)30-22(28)18-12-26-9-5-6-17(21(26)25-18)24-16-7-8-19(20(10-16)29-4)27-11-15(3)23-13-27/h5-14,24H,1-4H3. The van der Waals surface area contributed by atoms with Crippen molar-refractivity contribution in [3.05, 3.63) is 66.6 Å². The lowest BCUT2D eigenvalue weighted by atomic mass is 10.2. The summed E-state index contributed by atoms with van der Waals surface area (Å²) in [5.41, 5.74) is 4.30. The molecule has 4 rings (SSSR count). The molecule has 154 valence electrons. The van der Waals surface area contributed by atoms with E-state index < -0.39 is 5.97 Å². The third kappa shape index (κ3) is 3.84. The van der Waals surface area contributed by atoms with Gasteiger partial charge in [0.15, 0.2) is 11.3 Å². The summed E-state index contributed by atoms with van der Waals surface area (Å²) in [7, 11) is 1.63. The molecule has 0 aliphatic heterocycles. The number of rotatable bonds is 6. The summed E-state index contributed by atoms with van der Waals surface area (Å²) < 4.78 is 14.5. The highest BCUT2D eigenvalue weighted by Crippen LogP contribution is 2.29. The Labute approximate surface area is 174 Å². The molecule has 30 heavy (non-hydrogen) atoms. The summed E-state index contributed by atoms with van der Waals surface area (Å²) in [4.78, 5) is 20.9. The number of fused-ring (bicyclic) bond motifs is 1. The molecule has 0 atom stereocenters. The van der Waals surface area contributed by atoms with E-state index in [-0.39, 0.29) is 11.8 Å². The van der Waals surface area contributed by atoms with Gasteiger partial charge in [0.2, 0.25) is 0 Å². The molecule has 0 fully saturated rings. The first-order chi connectivity index (χ1) is 14.4. The van der Waals surface area contributed by atoms with E-state index in [1.54, 1.807) is 24.0 Å². The number of aryl methyl sites for hydroxylation is 1. The number of carbonyl (C=O) groups is 1. The van der Waals surface area contributed by atoms with Crippen LogP contribution in [0.5, 0.6) is 5.75 Å². The highest BCUT2D eigenvalue weighted by atomic mass is 16.5. The molecule has 1 aromatic carbocycles. The smallest absolute Gasteiger partial charge is 0.358 e. The van der Waals surface area contributed by atoms with Crippen molar-refractivity contribution in [3.8, 4) is 11.4 Å². The number of methoxy groups -OCH3 is 1. The number of benzene rings is 1. The zero-order valence-electron chi connectivity index (χ0n) is 17.3. The fourth-order valence-electron chi connectivity index (χ4n) is 3.16. The van der Waals surface area contributed by atoms with Gasteiger partial charge in [-0.2, -0.15) is 0 Å². The molecule has 8 nitrogen and oxygen atoms in total. The van der Waals surface area contributed by atoms with E-state index in [1.807, 2.05) is 68.1 Å². The van der Waals surface area contributed by atoms with Crippen molar-refractivity contribution in [2.45, 2.75) is 26.9 Å². The number of carbonyl (C=O) groups excluding carboxylic acids is 1. The quantitative estimate of drug-likeness (QED) is 0.485. The maximum atomic E-state index is 12.2. The lowest BCUT2D eigenvalue weighted by molar-refractivity contribution is 0.0371. The Morgan fingerprint density at radius 2 is 2.03 bits per heavy atom. The highest BCUT2D eigenvalue weighted by Gasteiger charge is 2.16. The number of pyridine rings is 1. The number of hydrogen-bond acceptors (Lipinski definition) is 6. The van der Waals surface area contributed by atoms with Crippen LogP contribution in [0.1, 0.15) is 30.0 Å². The van der Waals surface area contributed by atoms with Gasteiger partial charge >= 0.3 is 5.97 Å². The van der Waals surface area contributed by atoms with Crippen molar-refractivity contribution in [2.75, 3.05) is 12.4 Å². The van der Waals surface area contributed by atoms with Crippen LogP contribution >= 0.6 is 0 Å². The number of aromatic nitrogens is 4. The normalized spacial score (nSPS) is 11.1. The van der Waals surface area contributed by atoms with E-state index in [9.17, 15) is 4.79 Å². The molecular weight excluding hydrogens is 382 g/mol. The maximum absolute atomic E-state index is 12.2. The fourth-order valence-corrected chi connectivity index (χ4v) is 3.16. The molecule has 0 spiro atoms. The molecule has 0 amide bonds. The molecule has 0 aliphatic rings.